The third-order valence-electron chi connectivity index (χ3n) is 4.54. The number of halogens is 1. The van der Waals surface area contributed by atoms with Crippen molar-refractivity contribution in [2.24, 2.45) is 7.05 Å². The molecule has 0 aliphatic carbocycles. The van der Waals surface area contributed by atoms with E-state index in [0.29, 0.717) is 17.5 Å². The molecule has 5 nitrogen and oxygen atoms in total. The summed E-state index contributed by atoms with van der Waals surface area (Å²) in [4.78, 5) is 16.8. The molecule has 0 radical (unpaired) electrons. The zero-order chi connectivity index (χ0) is 20.1. The smallest absolute Gasteiger partial charge is 0.258 e. The minimum absolute atomic E-state index is 0.122. The van der Waals surface area contributed by atoms with E-state index in [1.54, 1.807) is 24.5 Å². The summed E-state index contributed by atoms with van der Waals surface area (Å²) in [7, 11) is 1.85. The standard InChI is InChI=1S/C22H24FN3O2/c1-15(2)16-6-10-19(11-7-16)28-14-20(27)25-21(22-24-12-13-26(22)3)17-4-8-18(23)9-5-17/h4-13,15,21H,14H2,1-3H3,(H,25,27). The van der Waals surface area contributed by atoms with Gasteiger partial charge >= 0.3 is 0 Å². The van der Waals surface area contributed by atoms with Crippen molar-refractivity contribution >= 4 is 5.91 Å². The van der Waals surface area contributed by atoms with Crippen LogP contribution < -0.4 is 10.1 Å². The molecule has 1 heterocycles. The first-order valence-corrected chi connectivity index (χ1v) is 9.19. The Hall–Kier alpha value is -3.15. The van der Waals surface area contributed by atoms with Crippen molar-refractivity contribution in [3.63, 3.8) is 0 Å². The van der Waals surface area contributed by atoms with Gasteiger partial charge in [-0.15, -0.1) is 0 Å². The van der Waals surface area contributed by atoms with Crippen LogP contribution in [0, 0.1) is 5.82 Å². The van der Waals surface area contributed by atoms with E-state index in [4.69, 9.17) is 4.74 Å². The molecule has 1 aromatic heterocycles. The second kappa shape index (κ2) is 8.69. The van der Waals surface area contributed by atoms with Gasteiger partial charge in [0.1, 0.15) is 23.4 Å². The Kier molecular flexibility index (Phi) is 6.09. The minimum atomic E-state index is -0.500. The number of nitrogens with zero attached hydrogens (tertiary/aromatic N) is 2. The third-order valence-corrected chi connectivity index (χ3v) is 4.54. The van der Waals surface area contributed by atoms with Crippen LogP contribution in [-0.4, -0.2) is 22.1 Å². The molecule has 1 amide bonds. The van der Waals surface area contributed by atoms with Crippen molar-refractivity contribution in [3.05, 3.63) is 83.7 Å². The minimum Gasteiger partial charge on any atom is -0.484 e. The molecule has 0 bridgehead atoms. The van der Waals surface area contributed by atoms with Gasteiger partial charge in [-0.1, -0.05) is 38.1 Å². The van der Waals surface area contributed by atoms with E-state index in [2.05, 4.69) is 24.1 Å². The van der Waals surface area contributed by atoms with Gasteiger partial charge in [-0.05, 0) is 41.3 Å². The van der Waals surface area contributed by atoms with Crippen LogP contribution in [0.5, 0.6) is 5.75 Å². The predicted molar refractivity (Wildman–Crippen MR) is 106 cm³/mol. The van der Waals surface area contributed by atoms with E-state index in [1.165, 1.54) is 17.7 Å². The van der Waals surface area contributed by atoms with Crippen LogP contribution >= 0.6 is 0 Å². The zero-order valence-corrected chi connectivity index (χ0v) is 16.2. The van der Waals surface area contributed by atoms with Crippen LogP contribution in [0.3, 0.4) is 0 Å². The van der Waals surface area contributed by atoms with Gasteiger partial charge in [0.2, 0.25) is 0 Å². The number of hydrogen-bond acceptors (Lipinski definition) is 3. The molecule has 1 atom stereocenters. The highest BCUT2D eigenvalue weighted by Crippen LogP contribution is 2.21. The Morgan fingerprint density at radius 2 is 1.75 bits per heavy atom. The summed E-state index contributed by atoms with van der Waals surface area (Å²) in [6, 6.07) is 13.2. The summed E-state index contributed by atoms with van der Waals surface area (Å²) >= 11 is 0. The Balaban J connectivity index is 1.69. The van der Waals surface area contributed by atoms with E-state index >= 15 is 0 Å². The van der Waals surface area contributed by atoms with E-state index < -0.39 is 6.04 Å². The third kappa shape index (κ3) is 4.76. The number of imidazole rings is 1. The van der Waals surface area contributed by atoms with Gasteiger partial charge in [0.25, 0.3) is 5.91 Å². The molecule has 0 fully saturated rings. The van der Waals surface area contributed by atoms with E-state index in [1.807, 2.05) is 35.9 Å². The molecule has 1 unspecified atom stereocenters. The van der Waals surface area contributed by atoms with Crippen LogP contribution in [0.1, 0.15) is 42.8 Å². The lowest BCUT2D eigenvalue weighted by Gasteiger charge is -2.19. The largest absolute Gasteiger partial charge is 0.484 e. The van der Waals surface area contributed by atoms with Gasteiger partial charge < -0.3 is 14.6 Å². The van der Waals surface area contributed by atoms with E-state index in [-0.39, 0.29) is 18.3 Å². The lowest BCUT2D eigenvalue weighted by molar-refractivity contribution is -0.123. The lowest BCUT2D eigenvalue weighted by Crippen LogP contribution is -2.34. The molecular weight excluding hydrogens is 357 g/mol. The molecule has 0 spiro atoms. The second-order valence-electron chi connectivity index (χ2n) is 6.96. The van der Waals surface area contributed by atoms with Crippen molar-refractivity contribution in [1.82, 2.24) is 14.9 Å². The zero-order valence-electron chi connectivity index (χ0n) is 16.2. The maximum absolute atomic E-state index is 13.3. The highest BCUT2D eigenvalue weighted by atomic mass is 19.1. The molecule has 28 heavy (non-hydrogen) atoms. The lowest BCUT2D eigenvalue weighted by atomic mass is 10.0. The van der Waals surface area contributed by atoms with Crippen molar-refractivity contribution in [2.45, 2.75) is 25.8 Å². The number of nitrogens with one attached hydrogen (secondary N) is 1. The monoisotopic (exact) mass is 381 g/mol. The summed E-state index contributed by atoms with van der Waals surface area (Å²) in [5.74, 6) is 1.11. The summed E-state index contributed by atoms with van der Waals surface area (Å²) < 4.78 is 20.7. The molecular formula is C22H24FN3O2. The number of rotatable bonds is 7. The topological polar surface area (TPSA) is 56.1 Å². The molecule has 2 aromatic carbocycles. The number of aromatic nitrogens is 2. The van der Waals surface area contributed by atoms with Crippen molar-refractivity contribution in [2.75, 3.05) is 6.61 Å². The molecule has 1 N–H and O–H groups in total. The Morgan fingerprint density at radius 3 is 2.32 bits per heavy atom. The van der Waals surface area contributed by atoms with Crippen LogP contribution in [0.15, 0.2) is 60.9 Å². The quantitative estimate of drug-likeness (QED) is 0.674. The van der Waals surface area contributed by atoms with Crippen LogP contribution in [-0.2, 0) is 11.8 Å². The first kappa shape index (κ1) is 19.6. The first-order chi connectivity index (χ1) is 13.4. The fraction of sp³-hybridized carbons (Fsp3) is 0.273. The average molecular weight is 381 g/mol. The van der Waals surface area contributed by atoms with Gasteiger partial charge in [-0.25, -0.2) is 9.37 Å². The molecule has 6 heteroatoms. The second-order valence-corrected chi connectivity index (χ2v) is 6.96. The van der Waals surface area contributed by atoms with E-state index in [0.717, 1.165) is 5.56 Å². The summed E-state index contributed by atoms with van der Waals surface area (Å²) in [6.07, 6.45) is 3.45. The number of aryl methyl sites for hydroxylation is 1. The highest BCUT2D eigenvalue weighted by molar-refractivity contribution is 5.78. The maximum atomic E-state index is 13.3. The Bertz CT molecular complexity index is 918. The fourth-order valence-electron chi connectivity index (χ4n) is 2.91. The molecule has 3 aromatic rings. The number of ether oxygens (including phenoxy) is 1. The normalized spacial score (nSPS) is 12.0. The van der Waals surface area contributed by atoms with Gasteiger partial charge in [0.15, 0.2) is 6.61 Å². The first-order valence-electron chi connectivity index (χ1n) is 9.19. The molecule has 0 saturated carbocycles. The number of benzene rings is 2. The number of hydrogen-bond donors (Lipinski definition) is 1. The van der Waals surface area contributed by atoms with Gasteiger partial charge in [-0.2, -0.15) is 0 Å². The SMILES string of the molecule is CC(C)c1ccc(OCC(=O)NC(c2ccc(F)cc2)c2nccn2C)cc1. The van der Waals surface area contributed by atoms with Gasteiger partial charge in [0.05, 0.1) is 0 Å². The molecule has 146 valence electrons. The van der Waals surface area contributed by atoms with Crippen molar-refractivity contribution < 1.29 is 13.9 Å². The predicted octanol–water partition coefficient (Wildman–Crippen LogP) is 3.97. The molecule has 0 aliphatic heterocycles. The van der Waals surface area contributed by atoms with Crippen LogP contribution in [0.4, 0.5) is 4.39 Å². The highest BCUT2D eigenvalue weighted by Gasteiger charge is 2.21. The van der Waals surface area contributed by atoms with Crippen molar-refractivity contribution in [1.29, 1.82) is 0 Å². The Morgan fingerprint density at radius 1 is 1.11 bits per heavy atom. The molecule has 0 saturated heterocycles. The summed E-state index contributed by atoms with van der Waals surface area (Å²) in [5, 5.41) is 2.93. The summed E-state index contributed by atoms with van der Waals surface area (Å²) in [6.45, 7) is 4.12. The van der Waals surface area contributed by atoms with Crippen LogP contribution in [0.25, 0.3) is 0 Å². The maximum Gasteiger partial charge on any atom is 0.258 e. The average Bonchev–Trinajstić information content (AvgIpc) is 3.11. The van der Waals surface area contributed by atoms with Gasteiger partial charge in [-0.3, -0.25) is 4.79 Å². The summed E-state index contributed by atoms with van der Waals surface area (Å²) in [5.41, 5.74) is 1.95. The number of carbonyl (C=O) groups is 1. The van der Waals surface area contributed by atoms with Gasteiger partial charge in [0, 0.05) is 19.4 Å². The number of carbonyl (C=O) groups excluding carboxylic acids is 1. The van der Waals surface area contributed by atoms with E-state index in [9.17, 15) is 9.18 Å². The van der Waals surface area contributed by atoms with Crippen molar-refractivity contribution in [3.8, 4) is 5.75 Å². The number of amides is 1. The molecule has 0 aliphatic rings. The Labute approximate surface area is 164 Å². The fourth-order valence-corrected chi connectivity index (χ4v) is 2.91. The van der Waals surface area contributed by atoms with Crippen LogP contribution in [0.2, 0.25) is 0 Å². The molecule has 3 rings (SSSR count).